The first-order chi connectivity index (χ1) is 14.9. The Bertz CT molecular complexity index is 546. The largest absolute Gasteiger partial charge is 0.353 e. The summed E-state index contributed by atoms with van der Waals surface area (Å²) >= 11 is 0. The third-order valence-electron chi connectivity index (χ3n) is 6.81. The lowest BCUT2D eigenvalue weighted by atomic mass is 9.85. The maximum absolute atomic E-state index is 13.9. The van der Waals surface area contributed by atoms with Crippen LogP contribution in [0.1, 0.15) is 110 Å². The number of rotatable bonds is 15. The highest BCUT2D eigenvalue weighted by molar-refractivity contribution is 5.85. The molecule has 4 atom stereocenters. The van der Waals surface area contributed by atoms with Crippen molar-refractivity contribution >= 4 is 11.6 Å². The first-order valence-corrected chi connectivity index (χ1v) is 12.6. The number of hydrogen-bond donors (Lipinski definition) is 0. The van der Waals surface area contributed by atoms with Crippen LogP contribution < -0.4 is 0 Å². The quantitative estimate of drug-likeness (QED) is 0.266. The van der Waals surface area contributed by atoms with Crippen molar-refractivity contribution < 1.29 is 27.8 Å². The van der Waals surface area contributed by atoms with Gasteiger partial charge in [-0.3, -0.25) is 9.59 Å². The highest BCUT2D eigenvalue weighted by Crippen LogP contribution is 2.40. The molecular weight excluding hydrogens is 402 g/mol. The number of halogens is 2. The van der Waals surface area contributed by atoms with Gasteiger partial charge in [0.2, 0.25) is 5.78 Å². The summed E-state index contributed by atoms with van der Waals surface area (Å²) in [4.78, 5) is 24.8. The lowest BCUT2D eigenvalue weighted by molar-refractivity contribution is -0.196. The lowest BCUT2D eigenvalue weighted by Crippen LogP contribution is -2.32. The zero-order chi connectivity index (χ0) is 22.7. The molecule has 1 saturated heterocycles. The third-order valence-corrected chi connectivity index (χ3v) is 6.81. The molecule has 1 saturated carbocycles. The molecule has 2 aliphatic rings. The van der Waals surface area contributed by atoms with Crippen LogP contribution in [0, 0.1) is 11.8 Å². The number of carbonyl (C=O) groups is 2. The Labute approximate surface area is 186 Å². The van der Waals surface area contributed by atoms with Crippen LogP contribution in [0.15, 0.2) is 0 Å². The molecule has 1 aliphatic carbocycles. The highest BCUT2D eigenvalue weighted by Gasteiger charge is 2.44. The molecule has 0 bridgehead atoms. The van der Waals surface area contributed by atoms with Gasteiger partial charge in [-0.1, -0.05) is 46.0 Å². The van der Waals surface area contributed by atoms with Crippen LogP contribution in [0.5, 0.6) is 0 Å². The maximum atomic E-state index is 13.9. The normalized spacial score (nSPS) is 27.0. The van der Waals surface area contributed by atoms with Crippen molar-refractivity contribution in [2.75, 3.05) is 6.61 Å². The fourth-order valence-corrected chi connectivity index (χ4v) is 5.03. The molecule has 2 rings (SSSR count). The Morgan fingerprint density at radius 3 is 2.52 bits per heavy atom. The number of alkyl halides is 2. The molecule has 1 heterocycles. The molecule has 1 unspecified atom stereocenters. The fourth-order valence-electron chi connectivity index (χ4n) is 5.03. The van der Waals surface area contributed by atoms with E-state index in [9.17, 15) is 18.4 Å². The van der Waals surface area contributed by atoms with Crippen LogP contribution in [-0.2, 0) is 19.1 Å². The van der Waals surface area contributed by atoms with Crippen molar-refractivity contribution in [3.8, 4) is 0 Å². The second-order valence-corrected chi connectivity index (χ2v) is 9.38. The molecule has 0 spiro atoms. The Balaban J connectivity index is 1.93. The van der Waals surface area contributed by atoms with Gasteiger partial charge in [0.25, 0.3) is 0 Å². The van der Waals surface area contributed by atoms with Crippen LogP contribution in [0.3, 0.4) is 0 Å². The number of hydrogen-bond acceptors (Lipinski definition) is 4. The third kappa shape index (κ3) is 8.53. The van der Waals surface area contributed by atoms with E-state index in [2.05, 4.69) is 6.92 Å². The van der Waals surface area contributed by atoms with E-state index in [1.54, 1.807) is 6.92 Å². The summed E-state index contributed by atoms with van der Waals surface area (Å²) in [6.07, 6.45) is 10.1. The molecule has 0 N–H and O–H groups in total. The molecule has 31 heavy (non-hydrogen) atoms. The molecule has 0 amide bonds. The number of unbranched alkanes of at least 4 members (excludes halogenated alkanes) is 4. The minimum absolute atomic E-state index is 0.00296. The van der Waals surface area contributed by atoms with E-state index in [0.29, 0.717) is 25.9 Å². The lowest BCUT2D eigenvalue weighted by Gasteiger charge is -2.30. The van der Waals surface area contributed by atoms with Gasteiger partial charge in [0, 0.05) is 31.8 Å². The first kappa shape index (κ1) is 26.4. The molecule has 180 valence electrons. The molecule has 0 aromatic heterocycles. The van der Waals surface area contributed by atoms with E-state index in [1.807, 2.05) is 0 Å². The van der Waals surface area contributed by atoms with Crippen molar-refractivity contribution in [2.24, 2.45) is 11.8 Å². The van der Waals surface area contributed by atoms with Crippen LogP contribution in [0.2, 0.25) is 0 Å². The second-order valence-electron chi connectivity index (χ2n) is 9.38. The number of ether oxygens (including phenoxy) is 2. The minimum Gasteiger partial charge on any atom is -0.353 e. The van der Waals surface area contributed by atoms with Gasteiger partial charge in [0.1, 0.15) is 5.78 Å². The average molecular weight is 445 g/mol. The van der Waals surface area contributed by atoms with Gasteiger partial charge < -0.3 is 9.47 Å². The maximum Gasteiger partial charge on any atom is 0.305 e. The second kappa shape index (κ2) is 13.6. The van der Waals surface area contributed by atoms with Crippen LogP contribution >= 0.6 is 0 Å². The average Bonchev–Trinajstić information content (AvgIpc) is 3.02. The van der Waals surface area contributed by atoms with Crippen molar-refractivity contribution in [3.63, 3.8) is 0 Å². The van der Waals surface area contributed by atoms with Gasteiger partial charge in [0.05, 0.1) is 6.10 Å². The molecular formula is C25H42F2O4. The fraction of sp³-hybridized carbons (Fsp3) is 0.920. The van der Waals surface area contributed by atoms with E-state index < -0.39 is 11.7 Å². The number of Topliss-reactive ketones (excluding diaryl/α,β-unsaturated/α-hetero) is 2. The van der Waals surface area contributed by atoms with Gasteiger partial charge in [0.15, 0.2) is 6.29 Å². The topological polar surface area (TPSA) is 52.6 Å². The standard InChI is InChI=1S/C25H42F2O4/c1-3-5-6-7-8-12-19-20(13-11-14-23(29)25(26,27)16-4-2)22(18-21(19)28)31-24-15-9-10-17-30-24/h19-20,22,24H,3-18H2,1-2H3/t19-,20-,22-,24?/m1/s1. The molecule has 0 radical (unpaired) electrons. The van der Waals surface area contributed by atoms with Gasteiger partial charge >= 0.3 is 5.92 Å². The van der Waals surface area contributed by atoms with Gasteiger partial charge in [-0.2, -0.15) is 8.78 Å². The summed E-state index contributed by atoms with van der Waals surface area (Å²) < 4.78 is 39.6. The Kier molecular flexibility index (Phi) is 11.6. The first-order valence-electron chi connectivity index (χ1n) is 12.6. The highest BCUT2D eigenvalue weighted by atomic mass is 19.3. The monoisotopic (exact) mass is 444 g/mol. The van der Waals surface area contributed by atoms with Crippen molar-refractivity contribution in [1.82, 2.24) is 0 Å². The number of ketones is 2. The van der Waals surface area contributed by atoms with Crippen molar-refractivity contribution in [3.05, 3.63) is 0 Å². The zero-order valence-electron chi connectivity index (χ0n) is 19.5. The Hall–Kier alpha value is -0.880. The van der Waals surface area contributed by atoms with E-state index in [-0.39, 0.29) is 49.3 Å². The summed E-state index contributed by atoms with van der Waals surface area (Å²) in [6, 6.07) is 0. The van der Waals surface area contributed by atoms with Crippen LogP contribution in [0.4, 0.5) is 8.78 Å². The van der Waals surface area contributed by atoms with E-state index >= 15 is 0 Å². The van der Waals surface area contributed by atoms with Gasteiger partial charge in [-0.25, -0.2) is 0 Å². The van der Waals surface area contributed by atoms with Crippen molar-refractivity contribution in [2.45, 2.75) is 128 Å². The van der Waals surface area contributed by atoms with Gasteiger partial charge in [-0.05, 0) is 50.9 Å². The summed E-state index contributed by atoms with van der Waals surface area (Å²) in [5.74, 6) is -4.06. The van der Waals surface area contributed by atoms with Gasteiger partial charge in [-0.15, -0.1) is 0 Å². The Morgan fingerprint density at radius 2 is 1.84 bits per heavy atom. The SMILES string of the molecule is CCCCCCC[C@H]1C(=O)C[C@@H](OC2CCCCO2)[C@@H]1CCCC(=O)C(F)(F)CCC. The summed E-state index contributed by atoms with van der Waals surface area (Å²) in [6.45, 7) is 4.51. The molecule has 2 fully saturated rings. The van der Waals surface area contributed by atoms with Crippen LogP contribution in [-0.4, -0.2) is 36.5 Å². The van der Waals surface area contributed by atoms with E-state index in [4.69, 9.17) is 9.47 Å². The Morgan fingerprint density at radius 1 is 1.06 bits per heavy atom. The summed E-state index contributed by atoms with van der Waals surface area (Å²) in [7, 11) is 0. The molecule has 0 aromatic rings. The predicted octanol–water partition coefficient (Wildman–Crippen LogP) is 6.64. The van der Waals surface area contributed by atoms with Crippen molar-refractivity contribution in [1.29, 1.82) is 0 Å². The number of carbonyl (C=O) groups excluding carboxylic acids is 2. The molecule has 0 aromatic carbocycles. The summed E-state index contributed by atoms with van der Waals surface area (Å²) in [5.41, 5.74) is 0. The predicted molar refractivity (Wildman–Crippen MR) is 117 cm³/mol. The van der Waals surface area contributed by atoms with E-state index in [1.165, 1.54) is 19.3 Å². The smallest absolute Gasteiger partial charge is 0.305 e. The zero-order valence-corrected chi connectivity index (χ0v) is 19.5. The summed E-state index contributed by atoms with van der Waals surface area (Å²) in [5, 5.41) is 0. The van der Waals surface area contributed by atoms with Crippen LogP contribution in [0.25, 0.3) is 0 Å². The molecule has 4 nitrogen and oxygen atoms in total. The minimum atomic E-state index is -3.23. The van der Waals surface area contributed by atoms with E-state index in [0.717, 1.165) is 38.5 Å². The molecule has 6 heteroatoms. The molecule has 1 aliphatic heterocycles.